The van der Waals surface area contributed by atoms with Gasteiger partial charge in [-0.15, -0.1) is 11.6 Å². The van der Waals surface area contributed by atoms with Gasteiger partial charge in [-0.2, -0.15) is 0 Å². The van der Waals surface area contributed by atoms with Gasteiger partial charge < -0.3 is 4.52 Å². The van der Waals surface area contributed by atoms with Crippen LogP contribution in [-0.4, -0.2) is 24.0 Å². The van der Waals surface area contributed by atoms with Crippen LogP contribution in [0.2, 0.25) is 0 Å². The van der Waals surface area contributed by atoms with Crippen LogP contribution in [0, 0.1) is 0 Å². The van der Waals surface area contributed by atoms with Gasteiger partial charge in [0.05, 0.1) is 0 Å². The van der Waals surface area contributed by atoms with E-state index in [4.69, 9.17) is 11.6 Å². The van der Waals surface area contributed by atoms with Crippen LogP contribution < -0.4 is 4.90 Å². The first-order chi connectivity index (χ1) is 5.25. The van der Waals surface area contributed by atoms with Gasteiger partial charge in [-0.25, -0.2) is 0 Å². The predicted molar refractivity (Wildman–Crippen MR) is 40.6 cm³/mol. The van der Waals surface area contributed by atoms with Crippen LogP contribution in [0.4, 0.5) is 5.82 Å². The molecule has 0 aliphatic carbocycles. The summed E-state index contributed by atoms with van der Waals surface area (Å²) in [6, 6.07) is 1.59. The third-order valence-electron chi connectivity index (χ3n) is 1.26. The lowest BCUT2D eigenvalue weighted by molar-refractivity contribution is -0.116. The zero-order valence-electron chi connectivity index (χ0n) is 5.95. The van der Waals surface area contributed by atoms with E-state index < -0.39 is 0 Å². The number of carbonyl (C=O) groups is 1. The molecule has 1 aromatic rings. The fourth-order valence-electron chi connectivity index (χ4n) is 0.597. The van der Waals surface area contributed by atoms with Crippen molar-refractivity contribution in [2.24, 2.45) is 0 Å². The number of anilines is 1. The molecule has 1 amide bonds. The number of aromatic nitrogens is 1. The molecule has 60 valence electrons. The molecule has 1 aromatic heterocycles. The summed E-state index contributed by atoms with van der Waals surface area (Å²) in [7, 11) is 1.59. The van der Waals surface area contributed by atoms with Crippen molar-refractivity contribution in [3.8, 4) is 0 Å². The molecule has 0 atom stereocenters. The van der Waals surface area contributed by atoms with E-state index in [2.05, 4.69) is 9.68 Å². The number of alkyl halides is 1. The summed E-state index contributed by atoms with van der Waals surface area (Å²) in [5.41, 5.74) is 0. The highest BCUT2D eigenvalue weighted by Crippen LogP contribution is 2.07. The minimum absolute atomic E-state index is 0.0522. The minimum Gasteiger partial charge on any atom is -0.363 e. The fraction of sp³-hybridized carbons (Fsp3) is 0.333. The molecule has 11 heavy (non-hydrogen) atoms. The van der Waals surface area contributed by atoms with Crippen molar-refractivity contribution in [3.63, 3.8) is 0 Å². The molecule has 0 bridgehead atoms. The molecule has 0 aliphatic heterocycles. The van der Waals surface area contributed by atoms with Gasteiger partial charge >= 0.3 is 0 Å². The van der Waals surface area contributed by atoms with Gasteiger partial charge in [0, 0.05) is 13.1 Å². The molecule has 0 saturated carbocycles. The Morgan fingerprint density at radius 3 is 3.09 bits per heavy atom. The van der Waals surface area contributed by atoms with E-state index in [-0.39, 0.29) is 11.8 Å². The molecule has 0 saturated heterocycles. The van der Waals surface area contributed by atoms with Gasteiger partial charge in [-0.1, -0.05) is 5.16 Å². The van der Waals surface area contributed by atoms with Crippen molar-refractivity contribution in [2.75, 3.05) is 17.8 Å². The number of nitrogens with zero attached hydrogens (tertiary/aromatic N) is 2. The van der Waals surface area contributed by atoms with E-state index in [1.165, 1.54) is 11.2 Å². The molecular weight excluding hydrogens is 168 g/mol. The number of rotatable bonds is 2. The first-order valence-electron chi connectivity index (χ1n) is 2.98. The van der Waals surface area contributed by atoms with Gasteiger partial charge in [-0.05, 0) is 0 Å². The molecule has 0 aromatic carbocycles. The average Bonchev–Trinajstić information content (AvgIpc) is 2.53. The molecule has 0 radical (unpaired) electrons. The summed E-state index contributed by atoms with van der Waals surface area (Å²) in [4.78, 5) is 12.3. The summed E-state index contributed by atoms with van der Waals surface area (Å²) in [6.45, 7) is 0. The molecule has 1 rings (SSSR count). The minimum atomic E-state index is -0.208. The SMILES string of the molecule is CN(C(=O)CCl)c1ccon1. The Balaban J connectivity index is 2.70. The molecule has 0 unspecified atom stereocenters. The molecular formula is C6H7ClN2O2. The van der Waals surface area contributed by atoms with E-state index >= 15 is 0 Å². The second kappa shape index (κ2) is 3.39. The van der Waals surface area contributed by atoms with E-state index in [9.17, 15) is 4.79 Å². The van der Waals surface area contributed by atoms with Crippen LogP contribution in [0.5, 0.6) is 0 Å². The highest BCUT2D eigenvalue weighted by Gasteiger charge is 2.10. The predicted octanol–water partition coefficient (Wildman–Crippen LogP) is 0.876. The first-order valence-corrected chi connectivity index (χ1v) is 3.52. The van der Waals surface area contributed by atoms with E-state index in [1.807, 2.05) is 0 Å². The summed E-state index contributed by atoms with van der Waals surface area (Å²) in [5, 5.41) is 3.56. The summed E-state index contributed by atoms with van der Waals surface area (Å²) in [6.07, 6.45) is 1.40. The van der Waals surface area contributed by atoms with Gasteiger partial charge in [-0.3, -0.25) is 9.69 Å². The fourth-order valence-corrected chi connectivity index (χ4v) is 0.776. The van der Waals surface area contributed by atoms with Crippen molar-refractivity contribution in [2.45, 2.75) is 0 Å². The topological polar surface area (TPSA) is 46.3 Å². The molecule has 4 nitrogen and oxygen atoms in total. The quantitative estimate of drug-likeness (QED) is 0.626. The van der Waals surface area contributed by atoms with Crippen LogP contribution in [0.15, 0.2) is 16.9 Å². The van der Waals surface area contributed by atoms with Crippen molar-refractivity contribution in [3.05, 3.63) is 12.3 Å². The highest BCUT2D eigenvalue weighted by molar-refractivity contribution is 6.29. The second-order valence-corrected chi connectivity index (χ2v) is 2.21. The zero-order chi connectivity index (χ0) is 8.27. The lowest BCUT2D eigenvalue weighted by Crippen LogP contribution is -2.27. The van der Waals surface area contributed by atoms with Gasteiger partial charge in [0.15, 0.2) is 5.82 Å². The third-order valence-corrected chi connectivity index (χ3v) is 1.48. The molecule has 1 heterocycles. The van der Waals surface area contributed by atoms with Crippen LogP contribution in [0.25, 0.3) is 0 Å². The van der Waals surface area contributed by atoms with E-state index in [1.54, 1.807) is 13.1 Å². The van der Waals surface area contributed by atoms with Crippen molar-refractivity contribution >= 4 is 23.3 Å². The van der Waals surface area contributed by atoms with Crippen LogP contribution in [-0.2, 0) is 4.79 Å². The summed E-state index contributed by atoms with van der Waals surface area (Å²) in [5.74, 6) is 0.208. The number of amides is 1. The van der Waals surface area contributed by atoms with E-state index in [0.29, 0.717) is 5.82 Å². The lowest BCUT2D eigenvalue weighted by Gasteiger charge is -2.09. The first kappa shape index (κ1) is 8.07. The molecule has 0 aliphatic rings. The Kier molecular flexibility index (Phi) is 2.48. The van der Waals surface area contributed by atoms with Gasteiger partial charge in [0.2, 0.25) is 5.91 Å². The van der Waals surface area contributed by atoms with Crippen LogP contribution in [0.1, 0.15) is 0 Å². The van der Waals surface area contributed by atoms with Crippen LogP contribution in [0.3, 0.4) is 0 Å². The standard InChI is InChI=1S/C6H7ClN2O2/c1-9(6(10)4-7)5-2-3-11-8-5/h2-3H,4H2,1H3. The number of halogens is 1. The van der Waals surface area contributed by atoms with Crippen molar-refractivity contribution in [1.82, 2.24) is 5.16 Å². The maximum absolute atomic E-state index is 10.9. The number of carbonyl (C=O) groups excluding carboxylic acids is 1. The lowest BCUT2D eigenvalue weighted by atomic mass is 10.5. The normalized spacial score (nSPS) is 9.64. The molecule has 0 spiro atoms. The third kappa shape index (κ3) is 1.71. The van der Waals surface area contributed by atoms with Crippen LogP contribution >= 0.6 is 11.6 Å². The Morgan fingerprint density at radius 1 is 1.91 bits per heavy atom. The van der Waals surface area contributed by atoms with Gasteiger partial charge in [0.25, 0.3) is 0 Å². The van der Waals surface area contributed by atoms with Gasteiger partial charge in [0.1, 0.15) is 12.1 Å². The molecule has 0 N–H and O–H groups in total. The summed E-state index contributed by atoms with van der Waals surface area (Å²) < 4.78 is 4.54. The monoisotopic (exact) mass is 174 g/mol. The Labute approximate surface area is 68.7 Å². The maximum atomic E-state index is 10.9. The number of hydrogen-bond acceptors (Lipinski definition) is 3. The molecule has 0 fully saturated rings. The summed E-state index contributed by atoms with van der Waals surface area (Å²) >= 11 is 5.31. The Morgan fingerprint density at radius 2 is 2.64 bits per heavy atom. The van der Waals surface area contributed by atoms with Crippen molar-refractivity contribution in [1.29, 1.82) is 0 Å². The number of hydrogen-bond donors (Lipinski definition) is 0. The zero-order valence-corrected chi connectivity index (χ0v) is 6.71. The highest BCUT2D eigenvalue weighted by atomic mass is 35.5. The second-order valence-electron chi connectivity index (χ2n) is 1.94. The Bertz CT molecular complexity index is 235. The largest absolute Gasteiger partial charge is 0.363 e. The average molecular weight is 175 g/mol. The van der Waals surface area contributed by atoms with E-state index in [0.717, 1.165) is 0 Å². The van der Waals surface area contributed by atoms with Crippen molar-refractivity contribution < 1.29 is 9.32 Å². The maximum Gasteiger partial charge on any atom is 0.242 e. The smallest absolute Gasteiger partial charge is 0.242 e. The Hall–Kier alpha value is -1.03. The molecule has 5 heteroatoms.